The Morgan fingerprint density at radius 3 is 2.56 bits per heavy atom. The molecular weight excluding hydrogens is 456 g/mol. The van der Waals surface area contributed by atoms with Crippen LogP contribution in [-0.4, -0.2) is 31.9 Å². The number of benzene rings is 2. The Balaban J connectivity index is 1.48. The number of aryl methyl sites for hydroxylation is 1. The summed E-state index contributed by atoms with van der Waals surface area (Å²) in [6.45, 7) is 1.87. The van der Waals surface area contributed by atoms with Gasteiger partial charge in [-0.1, -0.05) is 23.7 Å². The van der Waals surface area contributed by atoms with Gasteiger partial charge in [0.2, 0.25) is 5.95 Å². The second-order valence-electron chi connectivity index (χ2n) is 7.20. The highest BCUT2D eigenvalue weighted by Crippen LogP contribution is 2.25. The van der Waals surface area contributed by atoms with E-state index >= 15 is 0 Å². The monoisotopic (exact) mass is 474 g/mol. The second-order valence-corrected chi connectivity index (χ2v) is 7.61. The summed E-state index contributed by atoms with van der Waals surface area (Å²) in [5, 5.41) is 13.0. The van der Waals surface area contributed by atoms with Crippen LogP contribution in [-0.2, 0) is 0 Å². The number of nitrogens with one attached hydrogen (secondary N) is 3. The molecule has 0 bridgehead atoms. The molecule has 4 N–H and O–H groups in total. The number of rotatable bonds is 5. The van der Waals surface area contributed by atoms with Gasteiger partial charge in [-0.25, -0.2) is 9.97 Å². The van der Waals surface area contributed by atoms with Gasteiger partial charge in [-0.15, -0.1) is 0 Å². The van der Waals surface area contributed by atoms with Gasteiger partial charge in [-0.2, -0.15) is 0 Å². The fourth-order valence-electron chi connectivity index (χ4n) is 3.10. The van der Waals surface area contributed by atoms with Crippen LogP contribution < -0.4 is 16.2 Å². The molecule has 10 heteroatoms. The number of halogens is 1. The van der Waals surface area contributed by atoms with E-state index in [1.165, 1.54) is 18.2 Å². The van der Waals surface area contributed by atoms with Crippen molar-refractivity contribution in [2.75, 3.05) is 5.32 Å². The predicted octanol–water partition coefficient (Wildman–Crippen LogP) is 4.02. The van der Waals surface area contributed by atoms with E-state index in [9.17, 15) is 14.7 Å². The van der Waals surface area contributed by atoms with Crippen LogP contribution in [0.3, 0.4) is 0 Å². The molecule has 34 heavy (non-hydrogen) atoms. The van der Waals surface area contributed by atoms with Crippen LogP contribution in [0.5, 0.6) is 5.75 Å². The van der Waals surface area contributed by atoms with Crippen molar-refractivity contribution in [2.24, 2.45) is 0 Å². The van der Waals surface area contributed by atoms with Crippen molar-refractivity contribution < 1.29 is 14.7 Å². The van der Waals surface area contributed by atoms with Crippen LogP contribution in [0.2, 0.25) is 5.02 Å². The van der Waals surface area contributed by atoms with E-state index in [-0.39, 0.29) is 21.9 Å². The molecule has 0 saturated heterocycles. The number of hydrogen-bond donors (Lipinski definition) is 4. The lowest BCUT2D eigenvalue weighted by molar-refractivity contribution is 0.0845. The average Bonchev–Trinajstić information content (AvgIpc) is 2.84. The number of nitrogens with zero attached hydrogens (tertiary/aromatic N) is 3. The summed E-state index contributed by atoms with van der Waals surface area (Å²) in [4.78, 5) is 37.8. The van der Waals surface area contributed by atoms with Gasteiger partial charge in [0.25, 0.3) is 11.8 Å². The number of anilines is 2. The highest BCUT2D eigenvalue weighted by Gasteiger charge is 2.17. The van der Waals surface area contributed by atoms with Gasteiger partial charge in [0.05, 0.1) is 10.7 Å². The van der Waals surface area contributed by atoms with Crippen LogP contribution in [0.4, 0.5) is 11.6 Å². The minimum absolute atomic E-state index is 0.0575. The Bertz CT molecular complexity index is 1340. The summed E-state index contributed by atoms with van der Waals surface area (Å²) in [5.74, 6) is -1.26. The standard InChI is InChI=1S/C24H19ClN6O3/c1-14-7-8-15(22(33)30-31-23(34)21-17(25)5-2-6-20(21)32)12-19(14)29-24-27-11-9-18(28-24)16-4-3-10-26-13-16/h2-13,32H,1H3,(H,30,33)(H,31,34)(H,27,28,29). The van der Waals surface area contributed by atoms with Gasteiger partial charge < -0.3 is 10.4 Å². The fourth-order valence-corrected chi connectivity index (χ4v) is 3.35. The Labute approximate surface area is 199 Å². The number of hydrogen-bond acceptors (Lipinski definition) is 7. The van der Waals surface area contributed by atoms with Crippen molar-refractivity contribution in [1.29, 1.82) is 0 Å². The number of pyridine rings is 1. The minimum atomic E-state index is -0.748. The van der Waals surface area contributed by atoms with Crippen molar-refractivity contribution in [1.82, 2.24) is 25.8 Å². The third-order valence-electron chi connectivity index (χ3n) is 4.87. The number of aromatic nitrogens is 3. The highest BCUT2D eigenvalue weighted by atomic mass is 35.5. The molecule has 170 valence electrons. The maximum absolute atomic E-state index is 12.6. The van der Waals surface area contributed by atoms with Crippen LogP contribution in [0.15, 0.2) is 73.2 Å². The van der Waals surface area contributed by atoms with Crippen LogP contribution in [0, 0.1) is 6.92 Å². The van der Waals surface area contributed by atoms with E-state index in [0.29, 0.717) is 17.3 Å². The Morgan fingerprint density at radius 2 is 1.79 bits per heavy atom. The first kappa shape index (κ1) is 22.7. The molecule has 0 atom stereocenters. The SMILES string of the molecule is Cc1ccc(C(=O)NNC(=O)c2c(O)cccc2Cl)cc1Nc1nccc(-c2cccnc2)n1. The molecule has 2 aromatic carbocycles. The van der Waals surface area contributed by atoms with Gasteiger partial charge in [0.1, 0.15) is 11.3 Å². The summed E-state index contributed by atoms with van der Waals surface area (Å²) in [5.41, 5.74) is 7.73. The average molecular weight is 475 g/mol. The van der Waals surface area contributed by atoms with Crippen LogP contribution >= 0.6 is 11.6 Å². The third-order valence-corrected chi connectivity index (χ3v) is 5.18. The molecule has 0 aliphatic heterocycles. The van der Waals surface area contributed by atoms with Gasteiger partial charge >= 0.3 is 0 Å². The minimum Gasteiger partial charge on any atom is -0.507 e. The van der Waals surface area contributed by atoms with Crippen molar-refractivity contribution in [2.45, 2.75) is 6.92 Å². The molecule has 0 unspecified atom stereocenters. The van der Waals surface area contributed by atoms with Crippen LogP contribution in [0.25, 0.3) is 11.3 Å². The zero-order chi connectivity index (χ0) is 24.1. The van der Waals surface area contributed by atoms with Crippen LogP contribution in [0.1, 0.15) is 26.3 Å². The molecule has 9 nitrogen and oxygen atoms in total. The van der Waals surface area contributed by atoms with Crippen molar-refractivity contribution in [3.63, 3.8) is 0 Å². The largest absolute Gasteiger partial charge is 0.507 e. The highest BCUT2D eigenvalue weighted by molar-refractivity contribution is 6.34. The molecule has 0 radical (unpaired) electrons. The normalized spacial score (nSPS) is 10.4. The van der Waals surface area contributed by atoms with Crippen molar-refractivity contribution >= 4 is 35.1 Å². The third kappa shape index (κ3) is 5.11. The molecule has 4 aromatic rings. The molecule has 2 heterocycles. The number of carbonyl (C=O) groups is 2. The van der Waals surface area contributed by atoms with E-state index in [2.05, 4.69) is 31.1 Å². The first-order valence-corrected chi connectivity index (χ1v) is 10.5. The maximum Gasteiger partial charge on any atom is 0.274 e. The second kappa shape index (κ2) is 9.97. The molecule has 0 aliphatic carbocycles. The number of carbonyl (C=O) groups excluding carboxylic acids is 2. The number of phenols is 1. The van der Waals surface area contributed by atoms with Gasteiger partial charge in [0.15, 0.2) is 0 Å². The fraction of sp³-hybridized carbons (Fsp3) is 0.0417. The lowest BCUT2D eigenvalue weighted by Gasteiger charge is -2.12. The summed E-state index contributed by atoms with van der Waals surface area (Å²) in [6, 6.07) is 14.8. The molecule has 2 amide bonds. The first-order valence-electron chi connectivity index (χ1n) is 10.1. The van der Waals surface area contributed by atoms with E-state index in [1.54, 1.807) is 42.9 Å². The van der Waals surface area contributed by atoms with Gasteiger partial charge in [-0.05, 0) is 55.0 Å². The summed E-state index contributed by atoms with van der Waals surface area (Å²) in [7, 11) is 0. The molecular formula is C24H19ClN6O3. The number of amides is 2. The Morgan fingerprint density at radius 1 is 0.971 bits per heavy atom. The molecule has 0 aliphatic rings. The van der Waals surface area contributed by atoms with E-state index in [4.69, 9.17) is 11.6 Å². The molecule has 2 aromatic heterocycles. The summed E-state index contributed by atoms with van der Waals surface area (Å²) < 4.78 is 0. The van der Waals surface area contributed by atoms with Gasteiger partial charge in [-0.3, -0.25) is 25.4 Å². The molecule has 4 rings (SSSR count). The maximum atomic E-state index is 12.6. The predicted molar refractivity (Wildman–Crippen MR) is 128 cm³/mol. The lowest BCUT2D eigenvalue weighted by Crippen LogP contribution is -2.41. The first-order chi connectivity index (χ1) is 16.4. The zero-order valence-electron chi connectivity index (χ0n) is 17.9. The topological polar surface area (TPSA) is 129 Å². The summed E-state index contributed by atoms with van der Waals surface area (Å²) >= 11 is 5.96. The van der Waals surface area contributed by atoms with E-state index < -0.39 is 11.8 Å². The Kier molecular flexibility index (Phi) is 6.65. The molecule has 0 spiro atoms. The zero-order valence-corrected chi connectivity index (χ0v) is 18.7. The number of hydrazine groups is 1. The Hall–Kier alpha value is -4.50. The summed E-state index contributed by atoms with van der Waals surface area (Å²) in [6.07, 6.45) is 5.02. The van der Waals surface area contributed by atoms with Crippen molar-refractivity contribution in [3.8, 4) is 17.0 Å². The van der Waals surface area contributed by atoms with E-state index in [1.807, 2.05) is 19.1 Å². The number of aromatic hydroxyl groups is 1. The molecule has 0 fully saturated rings. The smallest absolute Gasteiger partial charge is 0.274 e. The van der Waals surface area contributed by atoms with Gasteiger partial charge in [0, 0.05) is 35.4 Å². The molecule has 0 saturated carbocycles. The van der Waals surface area contributed by atoms with Crippen molar-refractivity contribution in [3.05, 3.63) is 94.9 Å². The number of phenolic OH excluding ortho intramolecular Hbond substituents is 1. The quantitative estimate of drug-likeness (QED) is 0.321. The lowest BCUT2D eigenvalue weighted by atomic mass is 10.1. The van der Waals surface area contributed by atoms with E-state index in [0.717, 1.165) is 11.1 Å².